The maximum Gasteiger partial charge on any atom is 0.123 e. The summed E-state index contributed by atoms with van der Waals surface area (Å²) in [5.41, 5.74) is 0. The Morgan fingerprint density at radius 1 is 1.18 bits per heavy atom. The van der Waals surface area contributed by atoms with E-state index in [1.165, 1.54) is 25.0 Å². The van der Waals surface area contributed by atoms with Gasteiger partial charge in [0.1, 0.15) is 5.82 Å². The highest BCUT2D eigenvalue weighted by atomic mass is 32.2. The molecule has 1 N–H and O–H groups in total. The molecule has 0 aromatic heterocycles. The van der Waals surface area contributed by atoms with Gasteiger partial charge in [0.25, 0.3) is 0 Å². The first-order valence-corrected chi connectivity index (χ1v) is 7.19. The van der Waals surface area contributed by atoms with Crippen LogP contribution in [-0.2, 0) is 0 Å². The largest absolute Gasteiger partial charge is 0.313 e. The molecule has 0 heterocycles. The highest BCUT2D eigenvalue weighted by Gasteiger charge is 2.07. The van der Waals surface area contributed by atoms with Gasteiger partial charge in [-0.25, -0.2) is 4.39 Å². The third-order valence-corrected chi connectivity index (χ3v) is 3.94. The van der Waals surface area contributed by atoms with Gasteiger partial charge in [-0.05, 0) is 37.1 Å². The monoisotopic (exact) mass is 255 g/mol. The number of hydrogen-bond acceptors (Lipinski definition) is 2. The number of halogens is 1. The van der Waals surface area contributed by atoms with Gasteiger partial charge in [-0.15, -0.1) is 11.8 Å². The fourth-order valence-corrected chi connectivity index (χ4v) is 2.63. The van der Waals surface area contributed by atoms with Crippen LogP contribution in [0.2, 0.25) is 0 Å². The zero-order valence-electron chi connectivity index (χ0n) is 10.9. The number of hydrogen-bond donors (Lipinski definition) is 1. The zero-order valence-corrected chi connectivity index (χ0v) is 11.7. The third kappa shape index (κ3) is 5.55. The molecule has 0 fully saturated rings. The van der Waals surface area contributed by atoms with Crippen LogP contribution in [0.1, 0.15) is 33.6 Å². The van der Waals surface area contributed by atoms with Gasteiger partial charge >= 0.3 is 0 Å². The van der Waals surface area contributed by atoms with E-state index in [-0.39, 0.29) is 5.82 Å². The second kappa shape index (κ2) is 7.72. The lowest BCUT2D eigenvalue weighted by Gasteiger charge is -2.18. The summed E-state index contributed by atoms with van der Waals surface area (Å²) < 4.78 is 12.7. The van der Waals surface area contributed by atoms with E-state index in [0.717, 1.165) is 11.4 Å². The Labute approximate surface area is 108 Å². The Kier molecular flexibility index (Phi) is 6.60. The summed E-state index contributed by atoms with van der Waals surface area (Å²) in [5.74, 6) is -0.169. The number of benzene rings is 1. The lowest BCUT2D eigenvalue weighted by atomic mass is 10.2. The smallest absolute Gasteiger partial charge is 0.123 e. The Balaban J connectivity index is 2.34. The van der Waals surface area contributed by atoms with Gasteiger partial charge in [0.15, 0.2) is 0 Å². The standard InChI is InChI=1S/C14H22FNS/c1-4-13(5-2)16-10-11(3)17-14-8-6-12(15)7-9-14/h6-9,11,13,16H,4-5,10H2,1-3H3. The normalized spacial score (nSPS) is 13.0. The Bertz CT molecular complexity index is 309. The highest BCUT2D eigenvalue weighted by Crippen LogP contribution is 2.22. The summed E-state index contributed by atoms with van der Waals surface area (Å²) in [6.07, 6.45) is 2.34. The molecule has 1 aromatic rings. The van der Waals surface area contributed by atoms with Crippen molar-refractivity contribution < 1.29 is 4.39 Å². The summed E-state index contributed by atoms with van der Waals surface area (Å²) in [7, 11) is 0. The molecule has 0 spiro atoms. The van der Waals surface area contributed by atoms with Crippen molar-refractivity contribution in [2.24, 2.45) is 0 Å². The van der Waals surface area contributed by atoms with Crippen LogP contribution in [0.15, 0.2) is 29.2 Å². The van der Waals surface area contributed by atoms with Crippen LogP contribution in [0, 0.1) is 5.82 Å². The zero-order chi connectivity index (χ0) is 12.7. The molecule has 1 nitrogen and oxygen atoms in total. The second-order valence-corrected chi connectivity index (χ2v) is 5.82. The maximum absolute atomic E-state index is 12.7. The molecule has 0 saturated heterocycles. The van der Waals surface area contributed by atoms with Crippen LogP contribution < -0.4 is 5.32 Å². The topological polar surface area (TPSA) is 12.0 Å². The predicted octanol–water partition coefficient (Wildman–Crippen LogP) is 4.08. The molecule has 0 aliphatic rings. The first-order chi connectivity index (χ1) is 8.15. The Hall–Kier alpha value is -0.540. The van der Waals surface area contributed by atoms with Crippen LogP contribution in [0.3, 0.4) is 0 Å². The summed E-state index contributed by atoms with van der Waals surface area (Å²) >= 11 is 1.79. The fourth-order valence-electron chi connectivity index (χ4n) is 1.70. The van der Waals surface area contributed by atoms with Crippen LogP contribution in [-0.4, -0.2) is 17.8 Å². The number of rotatable bonds is 7. The summed E-state index contributed by atoms with van der Waals surface area (Å²) in [6.45, 7) is 7.61. The van der Waals surface area contributed by atoms with Gasteiger partial charge in [0.05, 0.1) is 0 Å². The number of thioether (sulfide) groups is 1. The van der Waals surface area contributed by atoms with Gasteiger partial charge < -0.3 is 5.32 Å². The molecule has 1 unspecified atom stereocenters. The van der Waals surface area contributed by atoms with Crippen LogP contribution >= 0.6 is 11.8 Å². The summed E-state index contributed by atoms with van der Waals surface area (Å²) in [5, 5.41) is 4.06. The minimum absolute atomic E-state index is 0.169. The number of nitrogens with one attached hydrogen (secondary N) is 1. The first-order valence-electron chi connectivity index (χ1n) is 6.31. The third-order valence-electron chi connectivity index (χ3n) is 2.83. The van der Waals surface area contributed by atoms with E-state index in [0.29, 0.717) is 11.3 Å². The average Bonchev–Trinajstić information content (AvgIpc) is 2.33. The Morgan fingerprint density at radius 2 is 1.76 bits per heavy atom. The molecule has 0 bridgehead atoms. The lowest BCUT2D eigenvalue weighted by molar-refractivity contribution is 0.488. The molecule has 96 valence electrons. The molecule has 1 aromatic carbocycles. The SMILES string of the molecule is CCC(CC)NCC(C)Sc1ccc(F)cc1. The van der Waals surface area contributed by atoms with Crippen molar-refractivity contribution in [2.45, 2.75) is 49.8 Å². The van der Waals surface area contributed by atoms with Crippen molar-refractivity contribution in [3.63, 3.8) is 0 Å². The van der Waals surface area contributed by atoms with E-state index in [1.54, 1.807) is 11.8 Å². The molecule has 1 atom stereocenters. The Morgan fingerprint density at radius 3 is 2.29 bits per heavy atom. The lowest BCUT2D eigenvalue weighted by Crippen LogP contribution is -2.32. The van der Waals surface area contributed by atoms with Gasteiger partial charge in [0.2, 0.25) is 0 Å². The predicted molar refractivity (Wildman–Crippen MR) is 74.1 cm³/mol. The van der Waals surface area contributed by atoms with Crippen molar-refractivity contribution in [3.8, 4) is 0 Å². The minimum atomic E-state index is -0.169. The molecule has 0 aliphatic heterocycles. The van der Waals surface area contributed by atoms with Crippen molar-refractivity contribution in [1.82, 2.24) is 5.32 Å². The van der Waals surface area contributed by atoms with Crippen molar-refractivity contribution in [3.05, 3.63) is 30.1 Å². The summed E-state index contributed by atoms with van der Waals surface area (Å²) in [6, 6.07) is 7.33. The molecule has 3 heteroatoms. The molecule has 0 radical (unpaired) electrons. The first kappa shape index (κ1) is 14.5. The van der Waals surface area contributed by atoms with Gasteiger partial charge in [-0.1, -0.05) is 20.8 Å². The summed E-state index contributed by atoms with van der Waals surface area (Å²) in [4.78, 5) is 1.13. The molecular weight excluding hydrogens is 233 g/mol. The fraction of sp³-hybridized carbons (Fsp3) is 0.571. The van der Waals surface area contributed by atoms with E-state index >= 15 is 0 Å². The molecule has 1 rings (SSSR count). The molecule has 0 aliphatic carbocycles. The van der Waals surface area contributed by atoms with Crippen LogP contribution in [0.25, 0.3) is 0 Å². The van der Waals surface area contributed by atoms with Gasteiger partial charge in [0, 0.05) is 22.7 Å². The van der Waals surface area contributed by atoms with E-state index < -0.39 is 0 Å². The molecular formula is C14H22FNS. The van der Waals surface area contributed by atoms with Gasteiger partial charge in [-0.2, -0.15) is 0 Å². The maximum atomic E-state index is 12.7. The highest BCUT2D eigenvalue weighted by molar-refractivity contribution is 8.00. The van der Waals surface area contributed by atoms with Crippen molar-refractivity contribution >= 4 is 11.8 Å². The van der Waals surface area contributed by atoms with E-state index in [4.69, 9.17) is 0 Å². The molecule has 0 amide bonds. The second-order valence-electron chi connectivity index (χ2n) is 4.30. The van der Waals surface area contributed by atoms with Crippen LogP contribution in [0.4, 0.5) is 4.39 Å². The van der Waals surface area contributed by atoms with E-state index in [2.05, 4.69) is 26.1 Å². The van der Waals surface area contributed by atoms with Crippen LogP contribution in [0.5, 0.6) is 0 Å². The average molecular weight is 255 g/mol. The van der Waals surface area contributed by atoms with E-state index in [9.17, 15) is 4.39 Å². The quantitative estimate of drug-likeness (QED) is 0.737. The molecule has 0 saturated carbocycles. The van der Waals surface area contributed by atoms with Crippen molar-refractivity contribution in [1.29, 1.82) is 0 Å². The van der Waals surface area contributed by atoms with Gasteiger partial charge in [-0.3, -0.25) is 0 Å². The van der Waals surface area contributed by atoms with Crippen molar-refractivity contribution in [2.75, 3.05) is 6.54 Å². The van der Waals surface area contributed by atoms with E-state index in [1.807, 2.05) is 12.1 Å². The molecule has 17 heavy (non-hydrogen) atoms. The minimum Gasteiger partial charge on any atom is -0.313 e.